The van der Waals surface area contributed by atoms with Gasteiger partial charge in [0.15, 0.2) is 0 Å². The lowest BCUT2D eigenvalue weighted by Gasteiger charge is -2.06. The zero-order valence-electron chi connectivity index (χ0n) is 14.6. The molecule has 0 aromatic carbocycles. The predicted octanol–water partition coefficient (Wildman–Crippen LogP) is 3.36. The first kappa shape index (κ1) is 2.56. The zero-order valence-corrected chi connectivity index (χ0v) is 7.14. The summed E-state index contributed by atoms with van der Waals surface area (Å²) in [5.41, 5.74) is -0.318. The quantitative estimate of drug-likeness (QED) is 0.700. The van der Waals surface area contributed by atoms with Crippen LogP contribution in [0.15, 0.2) is 22.9 Å². The van der Waals surface area contributed by atoms with E-state index in [0.717, 1.165) is 6.20 Å². The Kier molecular flexibility index (Phi) is 0.898. The second-order valence-corrected chi connectivity index (χ2v) is 2.68. The van der Waals surface area contributed by atoms with Gasteiger partial charge in [0, 0.05) is 18.5 Å². The highest BCUT2D eigenvalue weighted by molar-refractivity contribution is 9.10. The molecule has 1 heterocycles. The topological polar surface area (TPSA) is 12.9 Å². The average Bonchev–Trinajstić information content (AvgIpc) is 2.25. The summed E-state index contributed by atoms with van der Waals surface area (Å²) in [5.74, 6) is -2.96. The molecule has 1 aromatic heterocycles. The minimum absolute atomic E-state index is 0.318. The van der Waals surface area contributed by atoms with Gasteiger partial charge in [0.05, 0.1) is 0 Å². The van der Waals surface area contributed by atoms with E-state index in [2.05, 4.69) is 20.9 Å². The van der Waals surface area contributed by atoms with E-state index in [1.807, 2.05) is 0 Å². The van der Waals surface area contributed by atoms with Crippen LogP contribution in [-0.2, 0) is 0 Å². The van der Waals surface area contributed by atoms with Gasteiger partial charge in [-0.3, -0.25) is 0 Å². The van der Waals surface area contributed by atoms with Gasteiger partial charge in [0.2, 0.25) is 0 Å². The fourth-order valence-corrected chi connectivity index (χ4v) is 0.830. The van der Waals surface area contributed by atoms with Crippen LogP contribution in [0.4, 0.5) is 0 Å². The molecule has 0 spiro atoms. The van der Waals surface area contributed by atoms with E-state index in [9.17, 15) is 0 Å². The lowest BCUT2D eigenvalue weighted by atomic mass is 10.0. The van der Waals surface area contributed by atoms with Crippen LogP contribution in [0.5, 0.6) is 0 Å². The average molecular weight is 223 g/mol. The molecule has 0 fully saturated rings. The summed E-state index contributed by atoms with van der Waals surface area (Å²) < 4.78 is 67.8. The first-order valence-corrected chi connectivity index (χ1v) is 3.66. The van der Waals surface area contributed by atoms with Crippen molar-refractivity contribution in [2.75, 3.05) is 0 Å². The van der Waals surface area contributed by atoms with Crippen molar-refractivity contribution in [3.8, 4) is 0 Å². The summed E-state index contributed by atoms with van der Waals surface area (Å²) in [6.45, 7) is -6.45. The van der Waals surface area contributed by atoms with Crippen LogP contribution in [-0.4, -0.2) is 4.98 Å². The molecule has 0 aliphatic heterocycles. The molecule has 2 heteroatoms. The molecule has 0 saturated heterocycles. The van der Waals surface area contributed by atoms with E-state index in [-0.39, 0.29) is 5.56 Å². The summed E-state index contributed by atoms with van der Waals surface area (Å²) >= 11 is 3.03. The molecule has 1 unspecified atom stereocenters. The Morgan fingerprint density at radius 3 is 3.36 bits per heavy atom. The van der Waals surface area contributed by atoms with Gasteiger partial charge in [0.1, 0.15) is 4.60 Å². The van der Waals surface area contributed by atoms with Crippen LogP contribution in [0, 0.1) is 0 Å². The third-order valence-corrected chi connectivity index (χ3v) is 1.61. The Morgan fingerprint density at radius 2 is 2.82 bits per heavy atom. The highest BCUT2D eigenvalue weighted by Gasteiger charge is 2.01. The first-order valence-electron chi connectivity index (χ1n) is 7.37. The van der Waals surface area contributed by atoms with Gasteiger partial charge in [-0.05, 0) is 39.8 Å². The lowest BCUT2D eigenvalue weighted by molar-refractivity contribution is 0.729. The van der Waals surface area contributed by atoms with Crippen LogP contribution in [0.2, 0.25) is 0 Å². The Bertz CT molecular complexity index is 478. The molecule has 0 bridgehead atoms. The van der Waals surface area contributed by atoms with E-state index in [1.165, 1.54) is 12.1 Å². The van der Waals surface area contributed by atoms with Crippen molar-refractivity contribution >= 4 is 15.9 Å². The highest BCUT2D eigenvalue weighted by atomic mass is 79.9. The maximum absolute atomic E-state index is 8.09. The van der Waals surface area contributed by atoms with Gasteiger partial charge in [-0.2, -0.15) is 0 Å². The lowest BCUT2D eigenvalue weighted by Crippen LogP contribution is -1.91. The van der Waals surface area contributed by atoms with Crippen LogP contribution < -0.4 is 0 Å². The van der Waals surface area contributed by atoms with Gasteiger partial charge in [-0.15, -0.1) is 0 Å². The molecule has 11 heavy (non-hydrogen) atoms. The molecule has 0 aliphatic carbocycles. The zero-order chi connectivity index (χ0) is 16.0. The molecule has 60 valence electrons. The molecule has 1 nitrogen and oxygen atoms in total. The van der Waals surface area contributed by atoms with E-state index >= 15 is 0 Å². The van der Waals surface area contributed by atoms with Crippen molar-refractivity contribution in [3.05, 3.63) is 28.5 Å². The number of nitrogens with zero attached hydrogens (tertiary/aromatic N) is 1. The third-order valence-electron chi connectivity index (χ3n) is 1.14. The standard InChI is InChI=1S/C9H12BrN/c1-3-7(2)8-4-5-9(10)11-6-8/h4-7H,3H2,1-2H3/i1D3,2D3,3D2,7D. The minimum atomic E-state index is -3.28. The number of aromatic nitrogens is 1. The SMILES string of the molecule is [2H]C([2H])([2H])C([2H])([2H])C([2H])(c1ccc(Br)nc1)C([2H])([2H])[2H]. The summed E-state index contributed by atoms with van der Waals surface area (Å²) in [6, 6.07) is 2.51. The van der Waals surface area contributed by atoms with E-state index < -0.39 is 26.0 Å². The Morgan fingerprint density at radius 1 is 1.91 bits per heavy atom. The van der Waals surface area contributed by atoms with Gasteiger partial charge in [-0.25, -0.2) is 4.98 Å². The van der Waals surface area contributed by atoms with Crippen molar-refractivity contribution in [2.24, 2.45) is 0 Å². The summed E-state index contributed by atoms with van der Waals surface area (Å²) in [6.07, 6.45) is -2.28. The van der Waals surface area contributed by atoms with Crippen LogP contribution in [0.25, 0.3) is 0 Å². The van der Waals surface area contributed by atoms with E-state index in [0.29, 0.717) is 4.60 Å². The maximum Gasteiger partial charge on any atom is 0.106 e. The fourth-order valence-electron chi connectivity index (χ4n) is 0.596. The molecular formula is C9H12BrN. The maximum atomic E-state index is 8.09. The number of hydrogen-bond acceptors (Lipinski definition) is 1. The predicted molar refractivity (Wildman–Crippen MR) is 50.6 cm³/mol. The smallest absolute Gasteiger partial charge is 0.106 e. The van der Waals surface area contributed by atoms with Crippen molar-refractivity contribution in [1.29, 1.82) is 0 Å². The first-order chi connectivity index (χ1) is 8.75. The third kappa shape index (κ3) is 2.29. The summed E-state index contributed by atoms with van der Waals surface area (Å²) in [5, 5.41) is 0. The Balaban J connectivity index is 3.58. The summed E-state index contributed by atoms with van der Waals surface area (Å²) in [4.78, 5) is 3.75. The molecule has 0 aliphatic rings. The second kappa shape index (κ2) is 3.86. The Labute approximate surface area is 88.6 Å². The largest absolute Gasteiger partial charge is 0.249 e. The van der Waals surface area contributed by atoms with Crippen LogP contribution in [0.1, 0.15) is 43.9 Å². The highest BCUT2D eigenvalue weighted by Crippen LogP contribution is 2.18. The summed E-state index contributed by atoms with van der Waals surface area (Å²) in [7, 11) is 0. The number of rotatable bonds is 2. The van der Waals surface area contributed by atoms with Crippen molar-refractivity contribution in [2.45, 2.75) is 26.0 Å². The van der Waals surface area contributed by atoms with E-state index in [4.69, 9.17) is 12.3 Å². The monoisotopic (exact) mass is 222 g/mol. The van der Waals surface area contributed by atoms with Crippen molar-refractivity contribution in [3.63, 3.8) is 0 Å². The Hall–Kier alpha value is -0.370. The van der Waals surface area contributed by atoms with Gasteiger partial charge >= 0.3 is 0 Å². The van der Waals surface area contributed by atoms with Crippen molar-refractivity contribution < 1.29 is 12.3 Å². The molecule has 0 saturated carbocycles. The van der Waals surface area contributed by atoms with Gasteiger partial charge in [0.25, 0.3) is 0 Å². The molecule has 1 rings (SSSR count). The van der Waals surface area contributed by atoms with Crippen LogP contribution in [0.3, 0.4) is 0 Å². The second-order valence-electron chi connectivity index (χ2n) is 1.87. The molecule has 0 radical (unpaired) electrons. The number of hydrogen-bond donors (Lipinski definition) is 0. The molecule has 1 aromatic rings. The minimum Gasteiger partial charge on any atom is -0.249 e. The fraction of sp³-hybridized carbons (Fsp3) is 0.444. The van der Waals surface area contributed by atoms with Crippen LogP contribution >= 0.6 is 15.9 Å². The number of halogens is 1. The normalized spacial score (nSPS) is 31.5. The van der Waals surface area contributed by atoms with Crippen molar-refractivity contribution in [1.82, 2.24) is 4.98 Å². The molecule has 0 amide bonds. The molecule has 1 atom stereocenters. The molecule has 0 N–H and O–H groups in total. The molecular weight excluding hydrogens is 202 g/mol. The number of pyridine rings is 1. The van der Waals surface area contributed by atoms with Gasteiger partial charge in [-0.1, -0.05) is 19.8 Å². The van der Waals surface area contributed by atoms with Gasteiger partial charge < -0.3 is 0 Å². The van der Waals surface area contributed by atoms with E-state index in [1.54, 1.807) is 0 Å².